The maximum Gasteiger partial charge on any atom is 0.333 e. The number of carbonyl (C=O) groups is 2. The zero-order chi connectivity index (χ0) is 27.6. The summed E-state index contributed by atoms with van der Waals surface area (Å²) in [5.74, 6) is 0.259. The minimum atomic E-state index is -4.05. The number of halogens is 1. The van der Waals surface area contributed by atoms with E-state index in [1.807, 2.05) is 6.07 Å². The molecule has 5 rings (SSSR count). The third kappa shape index (κ3) is 6.06. The Kier molecular flexibility index (Phi) is 8.13. The van der Waals surface area contributed by atoms with Crippen molar-refractivity contribution in [3.8, 4) is 5.75 Å². The zero-order valence-electron chi connectivity index (χ0n) is 21.6. The summed E-state index contributed by atoms with van der Waals surface area (Å²) < 4.78 is 34.2. The summed E-state index contributed by atoms with van der Waals surface area (Å²) in [7, 11) is -2.53. The van der Waals surface area contributed by atoms with E-state index in [-0.39, 0.29) is 10.8 Å². The molecule has 0 aliphatic heterocycles. The van der Waals surface area contributed by atoms with Gasteiger partial charge in [0.2, 0.25) is 0 Å². The lowest BCUT2D eigenvalue weighted by Gasteiger charge is -2.16. The van der Waals surface area contributed by atoms with Crippen LogP contribution in [0.4, 0.5) is 10.5 Å². The van der Waals surface area contributed by atoms with Crippen molar-refractivity contribution in [2.45, 2.75) is 49.8 Å². The summed E-state index contributed by atoms with van der Waals surface area (Å²) in [4.78, 5) is 25.4. The van der Waals surface area contributed by atoms with Gasteiger partial charge >= 0.3 is 6.03 Å². The highest BCUT2D eigenvalue weighted by molar-refractivity contribution is 14.1. The van der Waals surface area contributed by atoms with E-state index >= 15 is 0 Å². The number of amides is 3. The molecule has 0 atom stereocenters. The van der Waals surface area contributed by atoms with Gasteiger partial charge in [-0.1, -0.05) is 18.2 Å². The van der Waals surface area contributed by atoms with Crippen LogP contribution < -0.4 is 20.1 Å². The first-order valence-electron chi connectivity index (χ1n) is 13.0. The van der Waals surface area contributed by atoms with Gasteiger partial charge in [0.25, 0.3) is 15.9 Å². The van der Waals surface area contributed by atoms with Gasteiger partial charge in [-0.3, -0.25) is 4.79 Å². The van der Waals surface area contributed by atoms with Crippen molar-refractivity contribution in [1.82, 2.24) is 10.0 Å². The first-order valence-corrected chi connectivity index (χ1v) is 15.5. The van der Waals surface area contributed by atoms with Gasteiger partial charge in [-0.05, 0) is 126 Å². The molecule has 3 amide bonds. The van der Waals surface area contributed by atoms with Gasteiger partial charge in [0.1, 0.15) is 5.75 Å². The molecule has 0 spiro atoms. The summed E-state index contributed by atoms with van der Waals surface area (Å²) in [6.45, 7) is 0.367. The predicted octanol–water partition coefficient (Wildman–Crippen LogP) is 4.76. The van der Waals surface area contributed by atoms with Crippen LogP contribution in [0.5, 0.6) is 5.75 Å². The highest BCUT2D eigenvalue weighted by atomic mass is 127. The maximum atomic E-state index is 12.9. The van der Waals surface area contributed by atoms with Crippen molar-refractivity contribution < 1.29 is 22.7 Å². The molecule has 8 nitrogen and oxygen atoms in total. The van der Waals surface area contributed by atoms with Crippen molar-refractivity contribution in [2.24, 2.45) is 0 Å². The van der Waals surface area contributed by atoms with Crippen LogP contribution in [0.25, 0.3) is 0 Å². The van der Waals surface area contributed by atoms with E-state index < -0.39 is 16.1 Å². The van der Waals surface area contributed by atoms with Crippen LogP contribution in [-0.2, 0) is 42.1 Å². The molecule has 204 valence electrons. The van der Waals surface area contributed by atoms with Crippen LogP contribution >= 0.6 is 22.6 Å². The van der Waals surface area contributed by atoms with Crippen LogP contribution in [-0.4, -0.2) is 34.0 Å². The minimum absolute atomic E-state index is 0.00227. The Bertz CT molecular complexity index is 1510. The molecule has 0 fully saturated rings. The molecule has 0 bridgehead atoms. The molecule has 3 N–H and O–H groups in total. The fraction of sp³-hybridized carbons (Fsp3) is 0.310. The van der Waals surface area contributed by atoms with Crippen LogP contribution in [0.2, 0.25) is 0 Å². The Labute approximate surface area is 242 Å². The number of benzene rings is 3. The maximum absolute atomic E-state index is 12.9. The highest BCUT2D eigenvalue weighted by Gasteiger charge is 2.26. The van der Waals surface area contributed by atoms with Crippen molar-refractivity contribution in [2.75, 3.05) is 19.0 Å². The number of anilines is 1. The van der Waals surface area contributed by atoms with Gasteiger partial charge in [0.05, 0.1) is 17.6 Å². The largest absolute Gasteiger partial charge is 0.496 e. The first-order chi connectivity index (χ1) is 18.7. The third-order valence-corrected chi connectivity index (χ3v) is 9.30. The standard InChI is InChI=1S/C29H30IN3O5S/c1-38-26-13-10-21(30)17-25(26)28(34)31-15-14-18-8-11-22(12-9-18)39(36,37)33-29(35)32-27-23-6-2-4-19(23)16-20-5-3-7-24(20)27/h8-13,16-17H,2-7,14-15H2,1H3,(H,31,34)(H2,32,33,35). The van der Waals surface area contributed by atoms with E-state index in [0.29, 0.717) is 24.3 Å². The number of aryl methyl sites for hydroxylation is 2. The number of hydrogen-bond acceptors (Lipinski definition) is 5. The number of carbonyl (C=O) groups excluding carboxylic acids is 2. The fourth-order valence-electron chi connectivity index (χ4n) is 5.40. The molecule has 2 aliphatic rings. The lowest BCUT2D eigenvalue weighted by Crippen LogP contribution is -2.35. The SMILES string of the molecule is COc1ccc(I)cc1C(=O)NCCc1ccc(S(=O)(=O)NC(=O)Nc2c3c(cc4c2CCC4)CCC3)cc1. The predicted molar refractivity (Wildman–Crippen MR) is 158 cm³/mol. The van der Waals surface area contributed by atoms with Crippen LogP contribution in [0.3, 0.4) is 0 Å². The number of rotatable bonds is 8. The quantitative estimate of drug-likeness (QED) is 0.302. The fourth-order valence-corrected chi connectivity index (χ4v) is 6.79. The lowest BCUT2D eigenvalue weighted by atomic mass is 9.99. The molecule has 0 heterocycles. The van der Waals surface area contributed by atoms with Crippen LogP contribution in [0, 0.1) is 3.57 Å². The van der Waals surface area contributed by atoms with Gasteiger partial charge in [0.15, 0.2) is 0 Å². The lowest BCUT2D eigenvalue weighted by molar-refractivity contribution is 0.0951. The molecular formula is C29H30IN3O5S. The van der Waals surface area contributed by atoms with E-state index in [9.17, 15) is 18.0 Å². The Balaban J connectivity index is 1.19. The Morgan fingerprint density at radius 2 is 1.59 bits per heavy atom. The first kappa shape index (κ1) is 27.4. The average Bonchev–Trinajstić information content (AvgIpc) is 3.58. The van der Waals surface area contributed by atoms with E-state index in [1.54, 1.807) is 24.3 Å². The Hall–Kier alpha value is -3.12. The number of urea groups is 1. The van der Waals surface area contributed by atoms with Gasteiger partial charge < -0.3 is 15.4 Å². The molecule has 3 aromatic carbocycles. The van der Waals surface area contributed by atoms with E-state index in [2.05, 4.69) is 44.0 Å². The smallest absolute Gasteiger partial charge is 0.333 e. The van der Waals surface area contributed by atoms with Gasteiger partial charge in [-0.15, -0.1) is 0 Å². The number of methoxy groups -OCH3 is 1. The van der Waals surface area contributed by atoms with Gasteiger partial charge in [-0.2, -0.15) is 0 Å². The second-order valence-electron chi connectivity index (χ2n) is 9.79. The highest BCUT2D eigenvalue weighted by Crippen LogP contribution is 2.38. The second-order valence-corrected chi connectivity index (χ2v) is 12.7. The summed E-state index contributed by atoms with van der Waals surface area (Å²) in [5.41, 5.74) is 6.91. The summed E-state index contributed by atoms with van der Waals surface area (Å²) in [6.07, 6.45) is 6.37. The van der Waals surface area contributed by atoms with Crippen molar-refractivity contribution in [1.29, 1.82) is 0 Å². The normalized spacial score (nSPS) is 13.9. The van der Waals surface area contributed by atoms with E-state index in [4.69, 9.17) is 4.74 Å². The van der Waals surface area contributed by atoms with E-state index in [0.717, 1.165) is 64.5 Å². The van der Waals surface area contributed by atoms with E-state index in [1.165, 1.54) is 30.4 Å². The van der Waals surface area contributed by atoms with Gasteiger partial charge in [0, 0.05) is 15.8 Å². The second kappa shape index (κ2) is 11.5. The molecule has 10 heteroatoms. The third-order valence-electron chi connectivity index (χ3n) is 7.28. The summed E-state index contributed by atoms with van der Waals surface area (Å²) >= 11 is 2.14. The molecule has 0 saturated carbocycles. The zero-order valence-corrected chi connectivity index (χ0v) is 24.6. The summed E-state index contributed by atoms with van der Waals surface area (Å²) in [5, 5.41) is 5.74. The molecule has 2 aliphatic carbocycles. The number of fused-ring (bicyclic) bond motifs is 2. The molecule has 0 saturated heterocycles. The number of nitrogens with one attached hydrogen (secondary N) is 3. The molecule has 0 aromatic heterocycles. The van der Waals surface area contributed by atoms with Gasteiger partial charge in [-0.25, -0.2) is 17.9 Å². The Morgan fingerprint density at radius 3 is 2.23 bits per heavy atom. The monoisotopic (exact) mass is 659 g/mol. The van der Waals surface area contributed by atoms with Crippen molar-refractivity contribution in [3.63, 3.8) is 0 Å². The van der Waals surface area contributed by atoms with Crippen molar-refractivity contribution in [3.05, 3.63) is 85.5 Å². The number of ether oxygens (including phenoxy) is 1. The molecule has 0 radical (unpaired) electrons. The molecule has 0 unspecified atom stereocenters. The molecule has 3 aromatic rings. The number of hydrogen-bond donors (Lipinski definition) is 3. The minimum Gasteiger partial charge on any atom is -0.496 e. The average molecular weight is 660 g/mol. The van der Waals surface area contributed by atoms with Crippen LogP contribution in [0.1, 0.15) is 51.0 Å². The molecular weight excluding hydrogens is 629 g/mol. The Morgan fingerprint density at radius 1 is 0.923 bits per heavy atom. The topological polar surface area (TPSA) is 114 Å². The molecule has 39 heavy (non-hydrogen) atoms. The summed E-state index contributed by atoms with van der Waals surface area (Å²) in [6, 6.07) is 13.2. The van der Waals surface area contributed by atoms with Crippen LogP contribution in [0.15, 0.2) is 53.4 Å². The number of sulfonamides is 1. The van der Waals surface area contributed by atoms with Crippen molar-refractivity contribution >= 4 is 50.2 Å².